The van der Waals surface area contributed by atoms with Gasteiger partial charge in [-0.25, -0.2) is 0 Å². The first kappa shape index (κ1) is 12.2. The zero-order valence-electron chi connectivity index (χ0n) is 11.2. The minimum atomic E-state index is -0.386. The Hall–Kier alpha value is -0.860. The van der Waals surface area contributed by atoms with Crippen molar-refractivity contribution < 1.29 is 10.4 Å². The molecular formula is C16H24NO+. The van der Waals surface area contributed by atoms with Crippen LogP contribution in [-0.2, 0) is 0 Å². The topological polar surface area (TPSA) is 36.8 Å². The van der Waals surface area contributed by atoms with Crippen molar-refractivity contribution in [3.05, 3.63) is 35.4 Å². The van der Waals surface area contributed by atoms with E-state index in [0.29, 0.717) is 12.0 Å². The average molecular weight is 246 g/mol. The highest BCUT2D eigenvalue weighted by Gasteiger charge is 2.48. The first-order valence-electron chi connectivity index (χ1n) is 7.31. The Morgan fingerprint density at radius 1 is 1.17 bits per heavy atom. The molecule has 1 saturated carbocycles. The monoisotopic (exact) mass is 246 g/mol. The lowest BCUT2D eigenvalue weighted by Gasteiger charge is -2.46. The lowest BCUT2D eigenvalue weighted by atomic mass is 9.67. The van der Waals surface area contributed by atoms with Crippen LogP contribution in [0.4, 0.5) is 0 Å². The second-order valence-electron chi connectivity index (χ2n) is 6.17. The van der Waals surface area contributed by atoms with Gasteiger partial charge in [0.25, 0.3) is 0 Å². The van der Waals surface area contributed by atoms with Gasteiger partial charge in [-0.05, 0) is 19.8 Å². The molecule has 1 saturated heterocycles. The second-order valence-corrected chi connectivity index (χ2v) is 6.17. The molecule has 98 valence electrons. The Kier molecular flexibility index (Phi) is 3.16. The van der Waals surface area contributed by atoms with E-state index in [1.54, 1.807) is 0 Å². The number of benzene rings is 1. The molecule has 3 unspecified atom stereocenters. The van der Waals surface area contributed by atoms with E-state index in [9.17, 15) is 5.11 Å². The second kappa shape index (κ2) is 4.67. The predicted octanol–water partition coefficient (Wildman–Crippen LogP) is 1.92. The van der Waals surface area contributed by atoms with Crippen molar-refractivity contribution in [1.82, 2.24) is 0 Å². The summed E-state index contributed by atoms with van der Waals surface area (Å²) in [6.45, 7) is 3.19. The van der Waals surface area contributed by atoms with E-state index in [2.05, 4.69) is 36.5 Å². The summed E-state index contributed by atoms with van der Waals surface area (Å²) in [4.78, 5) is 0. The van der Waals surface area contributed by atoms with E-state index in [1.165, 1.54) is 30.4 Å². The van der Waals surface area contributed by atoms with Gasteiger partial charge >= 0.3 is 0 Å². The maximum absolute atomic E-state index is 10.9. The Morgan fingerprint density at radius 3 is 2.72 bits per heavy atom. The van der Waals surface area contributed by atoms with E-state index in [1.807, 2.05) is 0 Å². The van der Waals surface area contributed by atoms with Crippen LogP contribution < -0.4 is 5.32 Å². The van der Waals surface area contributed by atoms with Gasteiger partial charge in [0.05, 0.1) is 12.1 Å². The number of fused-ring (bicyclic) bond motifs is 1. The van der Waals surface area contributed by atoms with Crippen LogP contribution in [0, 0.1) is 12.8 Å². The normalized spacial score (nSPS) is 36.1. The molecule has 1 aromatic rings. The van der Waals surface area contributed by atoms with Crippen LogP contribution in [0.3, 0.4) is 0 Å². The molecule has 18 heavy (non-hydrogen) atoms. The van der Waals surface area contributed by atoms with Gasteiger partial charge in [-0.2, -0.15) is 0 Å². The fraction of sp³-hybridized carbons (Fsp3) is 0.625. The van der Waals surface area contributed by atoms with Crippen molar-refractivity contribution in [2.45, 2.75) is 50.7 Å². The van der Waals surface area contributed by atoms with Crippen molar-refractivity contribution in [3.63, 3.8) is 0 Å². The number of aryl methyl sites for hydroxylation is 1. The molecule has 2 fully saturated rings. The van der Waals surface area contributed by atoms with E-state index in [-0.39, 0.29) is 5.60 Å². The van der Waals surface area contributed by atoms with Crippen molar-refractivity contribution in [3.8, 4) is 0 Å². The van der Waals surface area contributed by atoms with Gasteiger partial charge < -0.3 is 10.4 Å². The smallest absolute Gasteiger partial charge is 0.117 e. The first-order chi connectivity index (χ1) is 8.69. The zero-order valence-corrected chi connectivity index (χ0v) is 11.2. The van der Waals surface area contributed by atoms with Gasteiger partial charge in [-0.15, -0.1) is 0 Å². The number of nitrogens with two attached hydrogens (primary N) is 1. The SMILES string of the molecule is Cc1ccc(C2[NH2+]CCC3(O)CCCCC23)cc1. The molecule has 2 aliphatic rings. The van der Waals surface area contributed by atoms with Crippen LogP contribution in [-0.4, -0.2) is 17.3 Å². The van der Waals surface area contributed by atoms with Crippen molar-refractivity contribution in [2.75, 3.05) is 6.54 Å². The van der Waals surface area contributed by atoms with Crippen molar-refractivity contribution >= 4 is 0 Å². The summed E-state index contributed by atoms with van der Waals surface area (Å²) in [7, 11) is 0. The molecule has 2 heteroatoms. The van der Waals surface area contributed by atoms with Crippen LogP contribution in [0.15, 0.2) is 24.3 Å². The highest BCUT2D eigenvalue weighted by molar-refractivity contribution is 5.24. The fourth-order valence-electron chi connectivity index (χ4n) is 3.91. The molecule has 0 amide bonds. The highest BCUT2D eigenvalue weighted by atomic mass is 16.3. The molecule has 0 bridgehead atoms. The molecule has 2 nitrogen and oxygen atoms in total. The van der Waals surface area contributed by atoms with Gasteiger partial charge in [0.2, 0.25) is 0 Å². The molecule has 0 radical (unpaired) electrons. The third-order valence-corrected chi connectivity index (χ3v) is 4.96. The summed E-state index contributed by atoms with van der Waals surface area (Å²) in [5.41, 5.74) is 2.32. The van der Waals surface area contributed by atoms with Crippen molar-refractivity contribution in [1.29, 1.82) is 0 Å². The van der Waals surface area contributed by atoms with Crippen LogP contribution in [0.25, 0.3) is 0 Å². The summed E-state index contributed by atoms with van der Waals surface area (Å²) in [5, 5.41) is 13.3. The summed E-state index contributed by atoms with van der Waals surface area (Å²) in [5.74, 6) is 0.447. The minimum absolute atomic E-state index is 0.386. The molecule has 3 N–H and O–H groups in total. The van der Waals surface area contributed by atoms with Gasteiger partial charge in [0.1, 0.15) is 6.04 Å². The maximum atomic E-state index is 10.9. The van der Waals surface area contributed by atoms with Gasteiger partial charge in [-0.1, -0.05) is 42.7 Å². The summed E-state index contributed by atoms with van der Waals surface area (Å²) >= 11 is 0. The Bertz CT molecular complexity index is 410. The largest absolute Gasteiger partial charge is 0.389 e. The molecular weight excluding hydrogens is 222 g/mol. The molecule has 3 atom stereocenters. The molecule has 1 aromatic carbocycles. The Labute approximate surface area is 109 Å². The number of hydrogen-bond acceptors (Lipinski definition) is 1. The van der Waals surface area contributed by atoms with Crippen LogP contribution >= 0.6 is 0 Å². The number of hydrogen-bond donors (Lipinski definition) is 2. The van der Waals surface area contributed by atoms with E-state index >= 15 is 0 Å². The quantitative estimate of drug-likeness (QED) is 0.780. The van der Waals surface area contributed by atoms with E-state index in [0.717, 1.165) is 19.4 Å². The van der Waals surface area contributed by atoms with E-state index in [4.69, 9.17) is 0 Å². The number of quaternary nitrogens is 1. The predicted molar refractivity (Wildman–Crippen MR) is 72.2 cm³/mol. The number of aliphatic hydroxyl groups is 1. The van der Waals surface area contributed by atoms with Crippen LogP contribution in [0.1, 0.15) is 49.3 Å². The minimum Gasteiger partial charge on any atom is -0.389 e. The lowest BCUT2D eigenvalue weighted by molar-refractivity contribution is -0.719. The molecule has 0 aromatic heterocycles. The van der Waals surface area contributed by atoms with Gasteiger partial charge in [-0.3, -0.25) is 0 Å². The summed E-state index contributed by atoms with van der Waals surface area (Å²) in [6.07, 6.45) is 5.65. The highest BCUT2D eigenvalue weighted by Crippen LogP contribution is 2.43. The molecule has 3 rings (SSSR count). The summed E-state index contributed by atoms with van der Waals surface area (Å²) in [6, 6.07) is 9.34. The molecule has 1 aliphatic carbocycles. The lowest BCUT2D eigenvalue weighted by Crippen LogP contribution is -2.91. The zero-order chi connectivity index (χ0) is 12.6. The fourth-order valence-corrected chi connectivity index (χ4v) is 3.91. The molecule has 0 spiro atoms. The van der Waals surface area contributed by atoms with Crippen LogP contribution in [0.2, 0.25) is 0 Å². The Morgan fingerprint density at radius 2 is 1.94 bits per heavy atom. The maximum Gasteiger partial charge on any atom is 0.117 e. The Balaban J connectivity index is 1.88. The third-order valence-electron chi connectivity index (χ3n) is 4.96. The third kappa shape index (κ3) is 2.08. The average Bonchev–Trinajstić information content (AvgIpc) is 2.38. The van der Waals surface area contributed by atoms with Crippen LogP contribution in [0.5, 0.6) is 0 Å². The standard InChI is InChI=1S/C16H23NO/c1-12-5-7-13(8-6-12)15-14-4-2-3-9-16(14,18)10-11-17-15/h5-8,14-15,17-18H,2-4,9-11H2,1H3/p+1. The van der Waals surface area contributed by atoms with Gasteiger partial charge in [0.15, 0.2) is 0 Å². The first-order valence-corrected chi connectivity index (χ1v) is 7.31. The van der Waals surface area contributed by atoms with Crippen molar-refractivity contribution in [2.24, 2.45) is 5.92 Å². The number of piperidine rings is 1. The molecule has 1 aliphatic heterocycles. The summed E-state index contributed by atoms with van der Waals surface area (Å²) < 4.78 is 0. The van der Waals surface area contributed by atoms with E-state index < -0.39 is 0 Å². The molecule has 1 heterocycles. The van der Waals surface area contributed by atoms with Gasteiger partial charge in [0, 0.05) is 17.9 Å². The number of rotatable bonds is 1.